The minimum Gasteiger partial charge on any atom is -0.480 e. The van der Waals surface area contributed by atoms with E-state index >= 15 is 0 Å². The Hall–Kier alpha value is -1.31. The van der Waals surface area contributed by atoms with Gasteiger partial charge >= 0.3 is 5.97 Å². The van der Waals surface area contributed by atoms with Crippen LogP contribution < -0.4 is 9.46 Å². The van der Waals surface area contributed by atoms with Crippen LogP contribution in [0.4, 0.5) is 0 Å². The van der Waals surface area contributed by atoms with Gasteiger partial charge < -0.3 is 9.84 Å². The van der Waals surface area contributed by atoms with E-state index in [1.54, 1.807) is 0 Å². The second kappa shape index (κ2) is 6.74. The van der Waals surface area contributed by atoms with Crippen LogP contribution >= 0.6 is 11.6 Å². The van der Waals surface area contributed by atoms with E-state index < -0.39 is 22.6 Å². The molecule has 0 unspecified atom stereocenters. The fraction of sp³-hybridized carbons (Fsp3) is 0.364. The largest absolute Gasteiger partial charge is 0.480 e. The summed E-state index contributed by atoms with van der Waals surface area (Å²) in [7, 11) is -3.60. The number of rotatable bonds is 7. The topological polar surface area (TPSA) is 92.7 Å². The Labute approximate surface area is 116 Å². The lowest BCUT2D eigenvalue weighted by molar-refractivity contribution is -0.139. The molecule has 0 aliphatic rings. The predicted molar refractivity (Wildman–Crippen MR) is 70.1 cm³/mol. The standard InChI is InChI=1S/C11H14ClNO5S/c1-2-5-13-19(16,17)8-3-4-10(9(12)6-8)18-7-11(14)15/h3-4,6,13H,2,5,7H2,1H3,(H,14,15). The molecule has 0 bridgehead atoms. The van der Waals surface area contributed by atoms with Crippen molar-refractivity contribution < 1.29 is 23.1 Å². The van der Waals surface area contributed by atoms with Crippen molar-refractivity contribution in [2.75, 3.05) is 13.2 Å². The Morgan fingerprint density at radius 3 is 2.68 bits per heavy atom. The lowest BCUT2D eigenvalue weighted by atomic mass is 10.3. The number of carboxylic acids is 1. The second-order valence-electron chi connectivity index (χ2n) is 3.67. The number of benzene rings is 1. The van der Waals surface area contributed by atoms with Gasteiger partial charge in [-0.15, -0.1) is 0 Å². The van der Waals surface area contributed by atoms with Crippen molar-refractivity contribution in [3.63, 3.8) is 0 Å². The highest BCUT2D eigenvalue weighted by atomic mass is 35.5. The molecule has 0 heterocycles. The highest BCUT2D eigenvalue weighted by molar-refractivity contribution is 7.89. The monoisotopic (exact) mass is 307 g/mol. The highest BCUT2D eigenvalue weighted by Gasteiger charge is 2.15. The number of hydrogen-bond donors (Lipinski definition) is 2. The zero-order chi connectivity index (χ0) is 14.5. The van der Waals surface area contributed by atoms with Crippen LogP contribution in [-0.4, -0.2) is 32.6 Å². The maximum atomic E-state index is 11.8. The third kappa shape index (κ3) is 4.70. The van der Waals surface area contributed by atoms with E-state index in [4.69, 9.17) is 21.4 Å². The molecule has 19 heavy (non-hydrogen) atoms. The molecule has 2 N–H and O–H groups in total. The Kier molecular flexibility index (Phi) is 5.59. The Morgan fingerprint density at radius 2 is 2.16 bits per heavy atom. The lowest BCUT2D eigenvalue weighted by Gasteiger charge is -2.09. The fourth-order valence-electron chi connectivity index (χ4n) is 1.23. The molecule has 0 fully saturated rings. The van der Waals surface area contributed by atoms with Gasteiger partial charge in [0.05, 0.1) is 9.92 Å². The first-order valence-electron chi connectivity index (χ1n) is 5.50. The molecule has 1 aromatic carbocycles. The van der Waals surface area contributed by atoms with Crippen LogP contribution in [0, 0.1) is 0 Å². The molecule has 0 aliphatic heterocycles. The van der Waals surface area contributed by atoms with E-state index in [0.29, 0.717) is 13.0 Å². The highest BCUT2D eigenvalue weighted by Crippen LogP contribution is 2.27. The summed E-state index contributed by atoms with van der Waals surface area (Å²) < 4.78 is 30.9. The zero-order valence-corrected chi connectivity index (χ0v) is 11.8. The minimum atomic E-state index is -3.60. The van der Waals surface area contributed by atoms with E-state index in [2.05, 4.69) is 4.72 Å². The van der Waals surface area contributed by atoms with E-state index in [0.717, 1.165) is 0 Å². The molecule has 8 heteroatoms. The van der Waals surface area contributed by atoms with Crippen molar-refractivity contribution in [1.82, 2.24) is 4.72 Å². The van der Waals surface area contributed by atoms with Gasteiger partial charge in [-0.2, -0.15) is 0 Å². The summed E-state index contributed by atoms with van der Waals surface area (Å²) in [6, 6.07) is 3.85. The van der Waals surface area contributed by atoms with Crippen molar-refractivity contribution in [1.29, 1.82) is 0 Å². The number of carboxylic acid groups (broad SMARTS) is 1. The van der Waals surface area contributed by atoms with E-state index in [1.165, 1.54) is 18.2 Å². The van der Waals surface area contributed by atoms with Crippen LogP contribution in [0.25, 0.3) is 0 Å². The molecule has 106 valence electrons. The van der Waals surface area contributed by atoms with Crippen LogP contribution in [-0.2, 0) is 14.8 Å². The summed E-state index contributed by atoms with van der Waals surface area (Å²) in [5.41, 5.74) is 0. The molecule has 1 aromatic rings. The molecular formula is C11H14ClNO5S. The average Bonchev–Trinajstić information content (AvgIpc) is 2.34. The summed E-state index contributed by atoms with van der Waals surface area (Å²) in [6.45, 7) is 1.63. The van der Waals surface area contributed by atoms with Crippen molar-refractivity contribution in [3.8, 4) is 5.75 Å². The van der Waals surface area contributed by atoms with Gasteiger partial charge in [0, 0.05) is 6.54 Å². The summed E-state index contributed by atoms with van der Waals surface area (Å²) in [5.74, 6) is -1.02. The SMILES string of the molecule is CCCNS(=O)(=O)c1ccc(OCC(=O)O)c(Cl)c1. The number of hydrogen-bond acceptors (Lipinski definition) is 4. The zero-order valence-electron chi connectivity index (χ0n) is 10.2. The third-order valence-corrected chi connectivity index (χ3v) is 3.86. The molecule has 0 amide bonds. The first kappa shape index (κ1) is 15.7. The summed E-state index contributed by atoms with van der Waals surface area (Å²) in [6.07, 6.45) is 0.673. The molecular weight excluding hydrogens is 294 g/mol. The second-order valence-corrected chi connectivity index (χ2v) is 5.85. The predicted octanol–water partition coefficient (Wildman–Crippen LogP) is 1.49. The Morgan fingerprint density at radius 1 is 1.47 bits per heavy atom. The maximum Gasteiger partial charge on any atom is 0.341 e. The molecule has 0 atom stereocenters. The molecule has 0 saturated heterocycles. The van der Waals surface area contributed by atoms with Crippen LogP contribution in [0.5, 0.6) is 5.75 Å². The first-order valence-corrected chi connectivity index (χ1v) is 7.36. The molecule has 1 rings (SSSR count). The molecule has 6 nitrogen and oxygen atoms in total. The van der Waals surface area contributed by atoms with Crippen LogP contribution in [0.3, 0.4) is 0 Å². The van der Waals surface area contributed by atoms with Gasteiger partial charge in [-0.1, -0.05) is 18.5 Å². The van der Waals surface area contributed by atoms with Gasteiger partial charge in [0.25, 0.3) is 0 Å². The molecule has 0 aliphatic carbocycles. The van der Waals surface area contributed by atoms with Gasteiger partial charge in [-0.05, 0) is 24.6 Å². The van der Waals surface area contributed by atoms with Crippen molar-refractivity contribution >= 4 is 27.6 Å². The lowest BCUT2D eigenvalue weighted by Crippen LogP contribution is -2.24. The van der Waals surface area contributed by atoms with E-state index in [1.807, 2.05) is 6.92 Å². The van der Waals surface area contributed by atoms with Gasteiger partial charge in [0.1, 0.15) is 5.75 Å². The third-order valence-electron chi connectivity index (χ3n) is 2.11. The Balaban J connectivity index is 2.90. The average molecular weight is 308 g/mol. The number of aliphatic carboxylic acids is 1. The molecule has 0 aromatic heterocycles. The normalized spacial score (nSPS) is 11.3. The minimum absolute atomic E-state index is 0.00799. The number of nitrogens with one attached hydrogen (secondary N) is 1. The molecule has 0 saturated carbocycles. The van der Waals surface area contributed by atoms with Crippen molar-refractivity contribution in [3.05, 3.63) is 23.2 Å². The van der Waals surface area contributed by atoms with Crippen LogP contribution in [0.15, 0.2) is 23.1 Å². The first-order chi connectivity index (χ1) is 8.86. The van der Waals surface area contributed by atoms with Gasteiger partial charge in [0.2, 0.25) is 10.0 Å². The number of sulfonamides is 1. The van der Waals surface area contributed by atoms with Gasteiger partial charge in [-0.3, -0.25) is 0 Å². The van der Waals surface area contributed by atoms with E-state index in [-0.39, 0.29) is 15.7 Å². The summed E-state index contributed by atoms with van der Waals surface area (Å²) in [5, 5.41) is 8.51. The molecule has 0 radical (unpaired) electrons. The molecule has 0 spiro atoms. The van der Waals surface area contributed by atoms with Gasteiger partial charge in [-0.25, -0.2) is 17.9 Å². The quantitative estimate of drug-likeness (QED) is 0.796. The van der Waals surface area contributed by atoms with Crippen molar-refractivity contribution in [2.45, 2.75) is 18.2 Å². The van der Waals surface area contributed by atoms with Crippen LogP contribution in [0.1, 0.15) is 13.3 Å². The summed E-state index contributed by atoms with van der Waals surface area (Å²) in [4.78, 5) is 10.4. The fourth-order valence-corrected chi connectivity index (χ4v) is 2.68. The van der Waals surface area contributed by atoms with Crippen molar-refractivity contribution in [2.24, 2.45) is 0 Å². The smallest absolute Gasteiger partial charge is 0.341 e. The summed E-state index contributed by atoms with van der Waals surface area (Å²) >= 11 is 5.84. The number of ether oxygens (including phenoxy) is 1. The maximum absolute atomic E-state index is 11.8. The number of carbonyl (C=O) groups is 1. The van der Waals surface area contributed by atoms with E-state index in [9.17, 15) is 13.2 Å². The van der Waals surface area contributed by atoms with Gasteiger partial charge in [0.15, 0.2) is 6.61 Å². The van der Waals surface area contributed by atoms with Crippen LogP contribution in [0.2, 0.25) is 5.02 Å². The number of halogens is 1. The Bertz CT molecular complexity index is 558.